The van der Waals surface area contributed by atoms with Gasteiger partial charge in [0, 0.05) is 5.92 Å². The molecule has 1 aliphatic heterocycles. The van der Waals surface area contributed by atoms with Crippen molar-refractivity contribution in [3.05, 3.63) is 0 Å². The third-order valence-corrected chi connectivity index (χ3v) is 4.54. The molecule has 10 nitrogen and oxygen atoms in total. The van der Waals surface area contributed by atoms with Crippen LogP contribution >= 0.6 is 0 Å². The first-order valence-electron chi connectivity index (χ1n) is 7.71. The van der Waals surface area contributed by atoms with E-state index in [-0.39, 0.29) is 13.0 Å². The second kappa shape index (κ2) is 8.02. The number of rotatable bonds is 4. The number of carbonyl (C=O) groups excluding carboxylic acids is 1. The number of aliphatic hydroxyl groups excluding tert-OH is 6. The lowest BCUT2D eigenvalue weighted by atomic mass is 9.83. The highest BCUT2D eigenvalue weighted by Crippen LogP contribution is 2.28. The van der Waals surface area contributed by atoms with Gasteiger partial charge in [-0.2, -0.15) is 0 Å². The first-order valence-corrected chi connectivity index (χ1v) is 7.71. The molecule has 0 radical (unpaired) electrons. The van der Waals surface area contributed by atoms with E-state index in [0.29, 0.717) is 6.42 Å². The fourth-order valence-corrected chi connectivity index (χ4v) is 2.93. The minimum atomic E-state index is -1.68. The Kier molecular flexibility index (Phi) is 6.51. The van der Waals surface area contributed by atoms with E-state index < -0.39 is 60.9 Å². The van der Waals surface area contributed by atoms with Gasteiger partial charge >= 0.3 is 5.97 Å². The molecule has 2 rings (SSSR count). The van der Waals surface area contributed by atoms with Gasteiger partial charge in [0.2, 0.25) is 0 Å². The lowest BCUT2D eigenvalue weighted by Crippen LogP contribution is -2.61. The van der Waals surface area contributed by atoms with Crippen molar-refractivity contribution in [1.82, 2.24) is 0 Å². The van der Waals surface area contributed by atoms with Crippen molar-refractivity contribution in [2.75, 3.05) is 13.7 Å². The molecule has 0 bridgehead atoms. The predicted octanol–water partition coefficient (Wildman–Crippen LogP) is -3.52. The summed E-state index contributed by atoms with van der Waals surface area (Å²) in [6, 6.07) is 0. The summed E-state index contributed by atoms with van der Waals surface area (Å²) in [4.78, 5) is 11.6. The minimum Gasteiger partial charge on any atom is -0.467 e. The highest BCUT2D eigenvalue weighted by Gasteiger charge is 2.48. The second-order valence-corrected chi connectivity index (χ2v) is 6.14. The van der Waals surface area contributed by atoms with E-state index in [1.54, 1.807) is 0 Å². The van der Waals surface area contributed by atoms with Crippen molar-refractivity contribution in [3.8, 4) is 0 Å². The molecule has 1 heterocycles. The van der Waals surface area contributed by atoms with E-state index in [1.165, 1.54) is 0 Å². The van der Waals surface area contributed by atoms with Crippen molar-refractivity contribution >= 4 is 5.97 Å². The lowest BCUT2D eigenvalue weighted by Gasteiger charge is -2.40. The summed E-state index contributed by atoms with van der Waals surface area (Å²) in [5.74, 6) is -1.46. The topological polar surface area (TPSA) is 166 Å². The number of methoxy groups -OCH3 is 1. The molecule has 24 heavy (non-hydrogen) atoms. The third kappa shape index (κ3) is 3.86. The van der Waals surface area contributed by atoms with Crippen molar-refractivity contribution in [2.24, 2.45) is 5.92 Å². The minimum absolute atomic E-state index is 0.149. The van der Waals surface area contributed by atoms with E-state index >= 15 is 0 Å². The number of hydrogen-bond donors (Lipinski definition) is 6. The number of esters is 1. The Labute approximate surface area is 138 Å². The molecule has 0 spiro atoms. The normalized spacial score (nSPS) is 46.5. The maximum absolute atomic E-state index is 11.6. The van der Waals surface area contributed by atoms with Crippen LogP contribution in [0.25, 0.3) is 0 Å². The van der Waals surface area contributed by atoms with Gasteiger partial charge in [-0.1, -0.05) is 0 Å². The lowest BCUT2D eigenvalue weighted by molar-refractivity contribution is -0.299. The maximum atomic E-state index is 11.6. The van der Waals surface area contributed by atoms with Gasteiger partial charge in [0.25, 0.3) is 0 Å². The first-order chi connectivity index (χ1) is 11.3. The average molecular weight is 352 g/mol. The molecule has 1 saturated carbocycles. The maximum Gasteiger partial charge on any atom is 0.337 e. The van der Waals surface area contributed by atoms with E-state index in [2.05, 4.69) is 4.74 Å². The molecule has 0 aromatic rings. The molecule has 2 aliphatic rings. The molecular formula is C14H24O10. The Balaban J connectivity index is 1.96. The summed E-state index contributed by atoms with van der Waals surface area (Å²) in [6.45, 7) is -0.149. The Hall–Kier alpha value is -0.850. The van der Waals surface area contributed by atoms with Crippen LogP contribution < -0.4 is 0 Å². The standard InChI is InChI=1S/C14H24O10/c1-22-13(21)12-10(19)9(18)11(20)14(24-12)23-4-5-2-3-6(15)8(17)7(5)16/h5-12,14-20H,2-4H2,1H3. The van der Waals surface area contributed by atoms with Gasteiger partial charge in [-0.25, -0.2) is 4.79 Å². The zero-order valence-corrected chi connectivity index (χ0v) is 13.1. The van der Waals surface area contributed by atoms with Crippen LogP contribution in [-0.2, 0) is 19.0 Å². The monoisotopic (exact) mass is 352 g/mol. The Morgan fingerprint density at radius 2 is 1.62 bits per heavy atom. The first kappa shape index (κ1) is 19.5. The second-order valence-electron chi connectivity index (χ2n) is 6.14. The zero-order chi connectivity index (χ0) is 18.0. The van der Waals surface area contributed by atoms with Crippen LogP contribution in [0.15, 0.2) is 0 Å². The van der Waals surface area contributed by atoms with E-state index in [0.717, 1.165) is 7.11 Å². The van der Waals surface area contributed by atoms with E-state index in [4.69, 9.17) is 9.47 Å². The third-order valence-electron chi connectivity index (χ3n) is 4.54. The highest BCUT2D eigenvalue weighted by atomic mass is 16.7. The smallest absolute Gasteiger partial charge is 0.337 e. The highest BCUT2D eigenvalue weighted by molar-refractivity contribution is 5.75. The van der Waals surface area contributed by atoms with Gasteiger partial charge < -0.3 is 44.8 Å². The number of carbonyl (C=O) groups is 1. The Bertz CT molecular complexity index is 432. The number of ether oxygens (including phenoxy) is 3. The molecular weight excluding hydrogens is 328 g/mol. The molecule has 0 amide bonds. The Morgan fingerprint density at radius 1 is 0.958 bits per heavy atom. The van der Waals surface area contributed by atoms with Crippen LogP contribution in [0.4, 0.5) is 0 Å². The van der Waals surface area contributed by atoms with Crippen LogP contribution in [0.3, 0.4) is 0 Å². The quantitative estimate of drug-likeness (QED) is 0.279. The van der Waals surface area contributed by atoms with Crippen molar-refractivity contribution in [1.29, 1.82) is 0 Å². The fourth-order valence-electron chi connectivity index (χ4n) is 2.93. The van der Waals surface area contributed by atoms with Gasteiger partial charge in [-0.3, -0.25) is 0 Å². The molecule has 9 atom stereocenters. The average Bonchev–Trinajstić information content (AvgIpc) is 2.58. The van der Waals surface area contributed by atoms with E-state index in [9.17, 15) is 35.4 Å². The summed E-state index contributed by atoms with van der Waals surface area (Å²) in [6.07, 6.45) is -10.8. The van der Waals surface area contributed by atoms with Gasteiger partial charge in [-0.15, -0.1) is 0 Å². The molecule has 1 aliphatic carbocycles. The van der Waals surface area contributed by atoms with E-state index in [1.807, 2.05) is 0 Å². The molecule has 9 unspecified atom stereocenters. The summed E-state index contributed by atoms with van der Waals surface area (Å²) in [7, 11) is 1.08. The van der Waals surface area contributed by atoms with Crippen LogP contribution in [-0.4, -0.2) is 99.3 Å². The SMILES string of the molecule is COC(=O)C1OC(OCC2CCC(O)C(O)C2O)C(O)C(O)C1O. The summed E-state index contributed by atoms with van der Waals surface area (Å²) in [5.41, 5.74) is 0. The number of hydrogen-bond acceptors (Lipinski definition) is 10. The fraction of sp³-hybridized carbons (Fsp3) is 0.929. The molecule has 10 heteroatoms. The summed E-state index contributed by atoms with van der Waals surface area (Å²) >= 11 is 0. The van der Waals surface area contributed by atoms with Gasteiger partial charge in [0.05, 0.1) is 25.9 Å². The largest absolute Gasteiger partial charge is 0.467 e. The van der Waals surface area contributed by atoms with Gasteiger partial charge in [0.1, 0.15) is 24.4 Å². The molecule has 0 aromatic carbocycles. The summed E-state index contributed by atoms with van der Waals surface area (Å²) < 4.78 is 14.9. The van der Waals surface area contributed by atoms with Crippen molar-refractivity contribution in [3.63, 3.8) is 0 Å². The zero-order valence-electron chi connectivity index (χ0n) is 13.1. The van der Waals surface area contributed by atoms with Crippen LogP contribution in [0.5, 0.6) is 0 Å². The van der Waals surface area contributed by atoms with Gasteiger partial charge in [-0.05, 0) is 12.8 Å². The van der Waals surface area contributed by atoms with Crippen LogP contribution in [0.1, 0.15) is 12.8 Å². The Morgan fingerprint density at radius 3 is 2.25 bits per heavy atom. The number of aliphatic hydroxyl groups is 6. The van der Waals surface area contributed by atoms with Crippen LogP contribution in [0, 0.1) is 5.92 Å². The van der Waals surface area contributed by atoms with Crippen molar-refractivity contribution in [2.45, 2.75) is 61.9 Å². The molecule has 0 aromatic heterocycles. The molecule has 2 fully saturated rings. The summed E-state index contributed by atoms with van der Waals surface area (Å²) in [5, 5.41) is 58.5. The van der Waals surface area contributed by atoms with Crippen molar-refractivity contribution < 1.29 is 49.6 Å². The predicted molar refractivity (Wildman–Crippen MR) is 75.4 cm³/mol. The molecule has 140 valence electrons. The molecule has 1 saturated heterocycles. The van der Waals surface area contributed by atoms with Crippen LogP contribution in [0.2, 0.25) is 0 Å². The van der Waals surface area contributed by atoms with Gasteiger partial charge in [0.15, 0.2) is 12.4 Å². The molecule has 6 N–H and O–H groups in total.